The van der Waals surface area contributed by atoms with E-state index in [2.05, 4.69) is 29.6 Å². The number of nitrogens with one attached hydrogen (secondary N) is 2. The first-order valence-electron chi connectivity index (χ1n) is 8.09. The summed E-state index contributed by atoms with van der Waals surface area (Å²) >= 11 is 1.69. The molecule has 4 N–H and O–H groups in total. The van der Waals surface area contributed by atoms with E-state index in [4.69, 9.17) is 5.14 Å². The Morgan fingerprint density at radius 2 is 1.73 bits per heavy atom. The standard InChI is InChI=1S/C18H23N3O3S2/c1-13(21(2)12-14-4-8-16(25-3)9-5-14)18(22)20-15-6-10-17(11-7-15)26(19,23)24/h4-11,13H,12H2,1-3H3,(H,20,22)(H2,19,23,24)/p+1/t13-/m1/s1. The first-order chi connectivity index (χ1) is 12.2. The van der Waals surface area contributed by atoms with Crippen LogP contribution in [-0.2, 0) is 21.4 Å². The topological polar surface area (TPSA) is 93.7 Å². The minimum atomic E-state index is -3.74. The van der Waals surface area contributed by atoms with Crippen molar-refractivity contribution in [3.05, 3.63) is 54.1 Å². The Morgan fingerprint density at radius 1 is 1.15 bits per heavy atom. The highest BCUT2D eigenvalue weighted by Crippen LogP contribution is 2.15. The highest BCUT2D eigenvalue weighted by Gasteiger charge is 2.22. The van der Waals surface area contributed by atoms with E-state index >= 15 is 0 Å². The first-order valence-corrected chi connectivity index (χ1v) is 10.9. The van der Waals surface area contributed by atoms with Crippen LogP contribution in [0.3, 0.4) is 0 Å². The van der Waals surface area contributed by atoms with E-state index in [9.17, 15) is 13.2 Å². The Hall–Kier alpha value is -1.87. The van der Waals surface area contributed by atoms with Gasteiger partial charge in [-0.2, -0.15) is 0 Å². The summed E-state index contributed by atoms with van der Waals surface area (Å²) in [5.74, 6) is -0.133. The quantitative estimate of drug-likeness (QED) is 0.613. The van der Waals surface area contributed by atoms with Crippen LogP contribution in [0.2, 0.25) is 0 Å². The zero-order chi connectivity index (χ0) is 19.3. The molecule has 2 rings (SSSR count). The molecule has 2 aromatic rings. The summed E-state index contributed by atoms with van der Waals surface area (Å²) in [7, 11) is -1.77. The minimum Gasteiger partial charge on any atom is -0.324 e. The second-order valence-electron chi connectivity index (χ2n) is 6.15. The maximum absolute atomic E-state index is 12.4. The van der Waals surface area contributed by atoms with Crippen molar-refractivity contribution >= 4 is 33.4 Å². The first kappa shape index (κ1) is 20.4. The van der Waals surface area contributed by atoms with E-state index < -0.39 is 10.0 Å². The summed E-state index contributed by atoms with van der Waals surface area (Å²) in [6.45, 7) is 2.59. The van der Waals surface area contributed by atoms with Gasteiger partial charge >= 0.3 is 0 Å². The number of carbonyl (C=O) groups is 1. The molecule has 140 valence electrons. The molecule has 2 atom stereocenters. The third-order valence-electron chi connectivity index (χ3n) is 4.22. The van der Waals surface area contributed by atoms with Gasteiger partial charge in [0.15, 0.2) is 6.04 Å². The average Bonchev–Trinajstić information content (AvgIpc) is 2.61. The van der Waals surface area contributed by atoms with Crippen LogP contribution >= 0.6 is 11.8 Å². The number of primary sulfonamides is 1. The van der Waals surface area contributed by atoms with Crippen LogP contribution in [-0.4, -0.2) is 33.7 Å². The van der Waals surface area contributed by atoms with Gasteiger partial charge < -0.3 is 10.2 Å². The number of sulfonamides is 1. The number of hydrogen-bond acceptors (Lipinski definition) is 4. The molecule has 0 radical (unpaired) electrons. The summed E-state index contributed by atoms with van der Waals surface area (Å²) in [6, 6.07) is 13.8. The predicted octanol–water partition coefficient (Wildman–Crippen LogP) is 1.10. The maximum Gasteiger partial charge on any atom is 0.282 e. The molecular formula is C18H24N3O3S2+. The predicted molar refractivity (Wildman–Crippen MR) is 105 cm³/mol. The van der Waals surface area contributed by atoms with Crippen LogP contribution in [0.25, 0.3) is 0 Å². The molecule has 0 aliphatic carbocycles. The van der Waals surface area contributed by atoms with Gasteiger partial charge in [-0.25, -0.2) is 13.6 Å². The lowest BCUT2D eigenvalue weighted by molar-refractivity contribution is -0.907. The summed E-state index contributed by atoms with van der Waals surface area (Å²) < 4.78 is 22.5. The van der Waals surface area contributed by atoms with E-state index in [1.807, 2.05) is 20.2 Å². The Kier molecular flexibility index (Phi) is 6.82. The normalized spacial score (nSPS) is 13.8. The molecule has 0 fully saturated rings. The number of anilines is 1. The minimum absolute atomic E-state index is 0.0139. The van der Waals surface area contributed by atoms with Crippen molar-refractivity contribution in [3.63, 3.8) is 0 Å². The van der Waals surface area contributed by atoms with E-state index in [0.717, 1.165) is 17.0 Å². The van der Waals surface area contributed by atoms with Gasteiger partial charge in [-0.3, -0.25) is 4.79 Å². The molecule has 8 heteroatoms. The van der Waals surface area contributed by atoms with Gasteiger partial charge in [0.1, 0.15) is 6.54 Å². The molecule has 0 aliphatic rings. The monoisotopic (exact) mass is 394 g/mol. The van der Waals surface area contributed by atoms with Gasteiger partial charge in [-0.05, 0) is 49.6 Å². The Bertz CT molecular complexity index is 850. The van der Waals surface area contributed by atoms with Crippen molar-refractivity contribution in [2.75, 3.05) is 18.6 Å². The maximum atomic E-state index is 12.4. The summed E-state index contributed by atoms with van der Waals surface area (Å²) in [4.78, 5) is 14.7. The van der Waals surface area contributed by atoms with Crippen molar-refractivity contribution in [1.82, 2.24) is 0 Å². The number of rotatable bonds is 7. The number of quaternary nitrogens is 1. The van der Waals surface area contributed by atoms with Crippen molar-refractivity contribution in [2.24, 2.45) is 5.14 Å². The number of benzene rings is 2. The van der Waals surface area contributed by atoms with Crippen LogP contribution in [0.1, 0.15) is 12.5 Å². The SMILES string of the molecule is CSc1ccc(C[NH+](C)[C@H](C)C(=O)Nc2ccc(S(N)(=O)=O)cc2)cc1. The third kappa shape index (κ3) is 5.57. The fraction of sp³-hybridized carbons (Fsp3) is 0.278. The van der Waals surface area contributed by atoms with Crippen LogP contribution in [0, 0.1) is 0 Å². The van der Waals surface area contributed by atoms with Crippen molar-refractivity contribution in [1.29, 1.82) is 0 Å². The average molecular weight is 395 g/mol. The molecule has 6 nitrogen and oxygen atoms in total. The second kappa shape index (κ2) is 8.68. The molecule has 0 spiro atoms. The van der Waals surface area contributed by atoms with Crippen LogP contribution in [0.15, 0.2) is 58.3 Å². The molecular weight excluding hydrogens is 370 g/mol. The van der Waals surface area contributed by atoms with Gasteiger partial charge in [-0.1, -0.05) is 12.1 Å². The molecule has 26 heavy (non-hydrogen) atoms. The van der Waals surface area contributed by atoms with Crippen LogP contribution < -0.4 is 15.4 Å². The lowest BCUT2D eigenvalue weighted by Gasteiger charge is -2.21. The summed E-state index contributed by atoms with van der Waals surface area (Å²) in [5.41, 5.74) is 1.70. The number of amides is 1. The fourth-order valence-corrected chi connectivity index (χ4v) is 3.34. The second-order valence-corrected chi connectivity index (χ2v) is 8.59. The highest BCUT2D eigenvalue weighted by atomic mass is 32.2. The number of carbonyl (C=O) groups excluding carboxylic acids is 1. The van der Waals surface area contributed by atoms with E-state index in [1.54, 1.807) is 11.8 Å². The van der Waals surface area contributed by atoms with Crippen LogP contribution in [0.4, 0.5) is 5.69 Å². The largest absolute Gasteiger partial charge is 0.324 e. The van der Waals surface area contributed by atoms with E-state index in [-0.39, 0.29) is 16.8 Å². The van der Waals surface area contributed by atoms with Crippen molar-refractivity contribution in [3.8, 4) is 0 Å². The van der Waals surface area contributed by atoms with Gasteiger partial charge in [0.25, 0.3) is 5.91 Å². The van der Waals surface area contributed by atoms with Gasteiger partial charge in [0, 0.05) is 16.1 Å². The lowest BCUT2D eigenvalue weighted by Crippen LogP contribution is -3.12. The molecule has 0 aliphatic heterocycles. The Labute approximate surface area is 158 Å². The molecule has 0 saturated heterocycles. The number of nitrogens with two attached hydrogens (primary N) is 1. The van der Waals surface area contributed by atoms with Gasteiger partial charge in [0.2, 0.25) is 10.0 Å². The zero-order valence-electron chi connectivity index (χ0n) is 15.0. The summed E-state index contributed by atoms with van der Waals surface area (Å²) in [5, 5.41) is 7.87. The van der Waals surface area contributed by atoms with Crippen LogP contribution in [0.5, 0.6) is 0 Å². The summed E-state index contributed by atoms with van der Waals surface area (Å²) in [6.07, 6.45) is 2.04. The molecule has 1 amide bonds. The molecule has 0 bridgehead atoms. The Balaban J connectivity index is 1.97. The third-order valence-corrected chi connectivity index (χ3v) is 5.90. The van der Waals surface area contributed by atoms with E-state index in [1.165, 1.54) is 29.2 Å². The van der Waals surface area contributed by atoms with E-state index in [0.29, 0.717) is 5.69 Å². The lowest BCUT2D eigenvalue weighted by atomic mass is 10.2. The highest BCUT2D eigenvalue weighted by molar-refractivity contribution is 7.98. The fourth-order valence-electron chi connectivity index (χ4n) is 2.42. The van der Waals surface area contributed by atoms with Gasteiger partial charge in [-0.15, -0.1) is 11.8 Å². The molecule has 0 heterocycles. The molecule has 1 unspecified atom stereocenters. The number of thioether (sulfide) groups is 1. The van der Waals surface area contributed by atoms with Crippen molar-refractivity contribution in [2.45, 2.75) is 29.3 Å². The van der Waals surface area contributed by atoms with Gasteiger partial charge in [0.05, 0.1) is 11.9 Å². The smallest absolute Gasteiger partial charge is 0.282 e. The van der Waals surface area contributed by atoms with Crippen molar-refractivity contribution < 1.29 is 18.1 Å². The number of hydrogen-bond donors (Lipinski definition) is 3. The molecule has 2 aromatic carbocycles. The zero-order valence-corrected chi connectivity index (χ0v) is 16.7. The molecule has 0 saturated carbocycles. The Morgan fingerprint density at radius 3 is 2.23 bits per heavy atom. The molecule has 0 aromatic heterocycles. The number of likely N-dealkylation sites (N-methyl/N-ethyl adjacent to an activating group) is 1.